The number of hydrogen-bond donors (Lipinski definition) is 0. The van der Waals surface area contributed by atoms with Gasteiger partial charge in [-0.15, -0.1) is 0 Å². The molecule has 1 aliphatic rings. The fourth-order valence-corrected chi connectivity index (χ4v) is 3.27. The molecule has 1 saturated heterocycles. The Kier molecular flexibility index (Phi) is 4.31. The van der Waals surface area contributed by atoms with Crippen molar-refractivity contribution in [2.75, 3.05) is 31.1 Å². The lowest BCUT2D eigenvalue weighted by molar-refractivity contribution is 0.246. The summed E-state index contributed by atoms with van der Waals surface area (Å²) in [5.41, 5.74) is 2.50. The van der Waals surface area contributed by atoms with Crippen LogP contribution in [0.1, 0.15) is 18.3 Å². The lowest BCUT2D eigenvalue weighted by Gasteiger charge is -2.35. The fraction of sp³-hybridized carbons (Fsp3) is 0.389. The van der Waals surface area contributed by atoms with Crippen molar-refractivity contribution in [3.63, 3.8) is 0 Å². The van der Waals surface area contributed by atoms with E-state index >= 15 is 0 Å². The zero-order chi connectivity index (χ0) is 17.2. The number of piperazine rings is 1. The molecule has 0 aromatic carbocycles. The van der Waals surface area contributed by atoms with E-state index < -0.39 is 0 Å². The number of nitrogens with zero attached hydrogens (tertiary/aromatic N) is 6. The largest absolute Gasteiger partial charge is 0.352 e. The summed E-state index contributed by atoms with van der Waals surface area (Å²) in [5, 5.41) is 0. The van der Waals surface area contributed by atoms with Crippen LogP contribution in [-0.2, 0) is 13.0 Å². The van der Waals surface area contributed by atoms with Gasteiger partial charge in [0, 0.05) is 45.1 Å². The van der Waals surface area contributed by atoms with E-state index in [-0.39, 0.29) is 5.82 Å². The van der Waals surface area contributed by atoms with Crippen LogP contribution < -0.4 is 4.90 Å². The number of hydrogen-bond acceptors (Lipinski definition) is 5. The minimum Gasteiger partial charge on any atom is -0.352 e. The highest BCUT2D eigenvalue weighted by molar-refractivity contribution is 5.42. The van der Waals surface area contributed by atoms with Crippen LogP contribution in [0.15, 0.2) is 36.9 Å². The number of anilines is 1. The van der Waals surface area contributed by atoms with E-state index in [9.17, 15) is 4.39 Å². The van der Waals surface area contributed by atoms with E-state index in [1.807, 2.05) is 40.6 Å². The zero-order valence-corrected chi connectivity index (χ0v) is 14.3. The van der Waals surface area contributed by atoms with Gasteiger partial charge in [0.15, 0.2) is 11.6 Å². The van der Waals surface area contributed by atoms with Crippen molar-refractivity contribution in [1.82, 2.24) is 24.3 Å². The third kappa shape index (κ3) is 3.19. The van der Waals surface area contributed by atoms with Crippen LogP contribution >= 0.6 is 0 Å². The maximum absolute atomic E-state index is 14.4. The van der Waals surface area contributed by atoms with Crippen LogP contribution in [0.25, 0.3) is 5.65 Å². The molecule has 0 radical (unpaired) electrons. The molecule has 0 amide bonds. The Bertz CT molecular complexity index is 836. The molecule has 0 atom stereocenters. The van der Waals surface area contributed by atoms with Crippen LogP contribution in [-0.4, -0.2) is 50.4 Å². The van der Waals surface area contributed by atoms with Gasteiger partial charge in [0.1, 0.15) is 12.0 Å². The molecule has 0 bridgehead atoms. The molecular formula is C18H21FN6. The Hall–Kier alpha value is -2.54. The molecule has 0 N–H and O–H groups in total. The highest BCUT2D eigenvalue weighted by Crippen LogP contribution is 2.20. The summed E-state index contributed by atoms with van der Waals surface area (Å²) in [4.78, 5) is 17.2. The Morgan fingerprint density at radius 3 is 2.72 bits per heavy atom. The van der Waals surface area contributed by atoms with Gasteiger partial charge in [-0.1, -0.05) is 13.0 Å². The smallest absolute Gasteiger partial charge is 0.187 e. The molecule has 4 rings (SSSR count). The van der Waals surface area contributed by atoms with Crippen molar-refractivity contribution >= 4 is 11.5 Å². The third-order valence-electron chi connectivity index (χ3n) is 4.65. The number of imidazole rings is 1. The molecule has 130 valence electrons. The van der Waals surface area contributed by atoms with Crippen molar-refractivity contribution in [3.8, 4) is 0 Å². The summed E-state index contributed by atoms with van der Waals surface area (Å²) in [5.74, 6) is 0.151. The van der Waals surface area contributed by atoms with E-state index in [0.717, 1.165) is 44.1 Å². The number of halogens is 1. The monoisotopic (exact) mass is 340 g/mol. The number of pyridine rings is 1. The van der Waals surface area contributed by atoms with Gasteiger partial charge in [-0.25, -0.2) is 19.3 Å². The molecular weight excluding hydrogens is 319 g/mol. The Morgan fingerprint density at radius 2 is 1.96 bits per heavy atom. The lowest BCUT2D eigenvalue weighted by Crippen LogP contribution is -2.46. The van der Waals surface area contributed by atoms with Crippen molar-refractivity contribution < 1.29 is 4.39 Å². The predicted octanol–water partition coefficient (Wildman–Crippen LogP) is 2.15. The molecule has 4 heterocycles. The van der Waals surface area contributed by atoms with Gasteiger partial charge in [-0.05, 0) is 18.6 Å². The van der Waals surface area contributed by atoms with Crippen molar-refractivity contribution in [3.05, 3.63) is 54.1 Å². The van der Waals surface area contributed by atoms with Crippen LogP contribution in [0.3, 0.4) is 0 Å². The summed E-state index contributed by atoms with van der Waals surface area (Å²) < 4.78 is 16.5. The summed E-state index contributed by atoms with van der Waals surface area (Å²) in [6, 6.07) is 5.99. The summed E-state index contributed by atoms with van der Waals surface area (Å²) in [6.07, 6.45) is 6.11. The first-order chi connectivity index (χ1) is 12.2. The minimum atomic E-state index is -0.279. The van der Waals surface area contributed by atoms with Gasteiger partial charge in [-0.2, -0.15) is 0 Å². The van der Waals surface area contributed by atoms with Crippen LogP contribution in [0.4, 0.5) is 10.2 Å². The second-order valence-corrected chi connectivity index (χ2v) is 6.27. The average molecular weight is 340 g/mol. The molecule has 0 unspecified atom stereocenters. The first-order valence-electron chi connectivity index (χ1n) is 8.64. The van der Waals surface area contributed by atoms with Crippen LogP contribution in [0, 0.1) is 5.82 Å². The molecule has 25 heavy (non-hydrogen) atoms. The minimum absolute atomic E-state index is 0.279. The van der Waals surface area contributed by atoms with Gasteiger partial charge < -0.3 is 9.30 Å². The highest BCUT2D eigenvalue weighted by atomic mass is 19.1. The summed E-state index contributed by atoms with van der Waals surface area (Å²) in [6.45, 7) is 5.94. The number of aryl methyl sites for hydroxylation is 1. The standard InChI is InChI=1S/C18H21FN6/c1-2-15-17(19)18(21-13-20-15)24-9-7-23(8-10-24)11-14-12-25-6-4-3-5-16(25)22-14/h3-6,12-13H,2,7-11H2,1H3. The van der Waals surface area contributed by atoms with Crippen molar-refractivity contribution in [2.24, 2.45) is 0 Å². The third-order valence-corrected chi connectivity index (χ3v) is 4.65. The van der Waals surface area contributed by atoms with E-state index in [0.29, 0.717) is 17.9 Å². The van der Waals surface area contributed by atoms with E-state index in [1.165, 1.54) is 6.33 Å². The van der Waals surface area contributed by atoms with Crippen molar-refractivity contribution in [1.29, 1.82) is 0 Å². The number of fused-ring (bicyclic) bond motifs is 1. The first kappa shape index (κ1) is 16.0. The lowest BCUT2D eigenvalue weighted by atomic mass is 10.2. The molecule has 0 spiro atoms. The van der Waals surface area contributed by atoms with Crippen molar-refractivity contribution in [2.45, 2.75) is 19.9 Å². The first-order valence-corrected chi connectivity index (χ1v) is 8.64. The Balaban J connectivity index is 1.41. The van der Waals surface area contributed by atoms with Gasteiger partial charge in [-0.3, -0.25) is 4.90 Å². The maximum Gasteiger partial charge on any atom is 0.187 e. The van der Waals surface area contributed by atoms with E-state index in [4.69, 9.17) is 0 Å². The second-order valence-electron chi connectivity index (χ2n) is 6.27. The van der Waals surface area contributed by atoms with E-state index in [1.54, 1.807) is 0 Å². The van der Waals surface area contributed by atoms with Gasteiger partial charge in [0.25, 0.3) is 0 Å². The summed E-state index contributed by atoms with van der Waals surface area (Å²) >= 11 is 0. The SMILES string of the molecule is CCc1ncnc(N2CCN(Cc3cn4ccccc4n3)CC2)c1F. The fourth-order valence-electron chi connectivity index (χ4n) is 3.27. The summed E-state index contributed by atoms with van der Waals surface area (Å²) in [7, 11) is 0. The Morgan fingerprint density at radius 1 is 1.12 bits per heavy atom. The second kappa shape index (κ2) is 6.76. The number of aromatic nitrogens is 4. The highest BCUT2D eigenvalue weighted by Gasteiger charge is 2.22. The maximum atomic E-state index is 14.4. The van der Waals surface area contributed by atoms with Crippen LogP contribution in [0.2, 0.25) is 0 Å². The van der Waals surface area contributed by atoms with Gasteiger partial charge >= 0.3 is 0 Å². The van der Waals surface area contributed by atoms with Crippen LogP contribution in [0.5, 0.6) is 0 Å². The van der Waals surface area contributed by atoms with Gasteiger partial charge in [0.2, 0.25) is 0 Å². The average Bonchev–Trinajstić information content (AvgIpc) is 3.05. The molecule has 3 aromatic heterocycles. The zero-order valence-electron chi connectivity index (χ0n) is 14.3. The van der Waals surface area contributed by atoms with Gasteiger partial charge in [0.05, 0.1) is 11.4 Å². The Labute approximate surface area is 145 Å². The molecule has 0 aliphatic carbocycles. The molecule has 6 nitrogen and oxygen atoms in total. The molecule has 7 heteroatoms. The normalized spacial score (nSPS) is 15.8. The topological polar surface area (TPSA) is 49.6 Å². The molecule has 1 fully saturated rings. The molecule has 3 aromatic rings. The quantitative estimate of drug-likeness (QED) is 0.728. The molecule has 1 aliphatic heterocycles. The molecule has 0 saturated carbocycles. The number of rotatable bonds is 4. The predicted molar refractivity (Wildman–Crippen MR) is 94.1 cm³/mol. The van der Waals surface area contributed by atoms with E-state index in [2.05, 4.69) is 26.0 Å².